The molecule has 11 aromatic rings. The van der Waals surface area contributed by atoms with Crippen molar-refractivity contribution in [2.75, 3.05) is 0 Å². The molecule has 0 saturated heterocycles. The Morgan fingerprint density at radius 1 is 0.356 bits per heavy atom. The van der Waals surface area contributed by atoms with E-state index in [4.69, 9.17) is 15.0 Å². The molecule has 0 amide bonds. The van der Waals surface area contributed by atoms with Gasteiger partial charge in [0, 0.05) is 29.7 Å². The number of hydrogen-bond acceptors (Lipinski definition) is 3. The van der Waals surface area contributed by atoms with Crippen LogP contribution in [0.2, 0.25) is 0 Å². The summed E-state index contributed by atoms with van der Waals surface area (Å²) in [6, 6.07) is 77.9. The summed E-state index contributed by atoms with van der Waals surface area (Å²) in [5.41, 5.74) is 27.3. The molecule has 1 aliphatic rings. The number of aryl methyl sites for hydroxylation is 2. The number of rotatable bonds is 11. The number of benzene rings is 8. The largest absolute Gasteiger partial charge is 3.00 e. The summed E-state index contributed by atoms with van der Waals surface area (Å²) in [6.07, 6.45) is 8.82. The second kappa shape index (κ2) is 26.5. The van der Waals surface area contributed by atoms with E-state index in [1.807, 2.05) is 18.6 Å². The van der Waals surface area contributed by atoms with E-state index in [1.165, 1.54) is 61.2 Å². The Kier molecular flexibility index (Phi) is 19.1. The molecule has 0 spiro atoms. The number of hydrogen-bond donors (Lipinski definition) is 0. The van der Waals surface area contributed by atoms with Crippen LogP contribution < -0.4 is 0 Å². The molecule has 1 saturated carbocycles. The van der Waals surface area contributed by atoms with Gasteiger partial charge in [0.1, 0.15) is 0 Å². The molecule has 1 fully saturated rings. The first-order valence-electron chi connectivity index (χ1n) is 31.1. The smallest absolute Gasteiger partial charge is 0.305 e. The third-order valence-corrected chi connectivity index (χ3v) is 20.2. The molecule has 2 atom stereocenters. The maximum Gasteiger partial charge on any atom is 3.00 e. The fourth-order valence-corrected chi connectivity index (χ4v) is 14.8. The van der Waals surface area contributed by atoms with Crippen LogP contribution in [-0.4, -0.2) is 15.0 Å². The summed E-state index contributed by atoms with van der Waals surface area (Å²) in [7, 11) is 0. The zero-order valence-corrected chi connectivity index (χ0v) is 60.4. The van der Waals surface area contributed by atoms with Gasteiger partial charge in [0.15, 0.2) is 0 Å². The van der Waals surface area contributed by atoms with Crippen LogP contribution in [0.1, 0.15) is 144 Å². The van der Waals surface area contributed by atoms with Crippen molar-refractivity contribution in [1.82, 2.24) is 15.0 Å². The van der Waals surface area contributed by atoms with E-state index >= 15 is 0 Å². The fourth-order valence-electron chi connectivity index (χ4n) is 13.2. The van der Waals surface area contributed by atoms with Crippen molar-refractivity contribution in [3.63, 3.8) is 0 Å². The molecule has 2 unspecified atom stereocenters. The van der Waals surface area contributed by atoms with Gasteiger partial charge in [-0.1, -0.05) is 296 Å². The fraction of sp³-hybridized carbons (Fsp3) is 0.241. The molecule has 12 rings (SSSR count). The van der Waals surface area contributed by atoms with Crippen LogP contribution in [0.15, 0.2) is 214 Å². The van der Waals surface area contributed by atoms with Crippen LogP contribution in [-0.2, 0) is 36.4 Å². The van der Waals surface area contributed by atoms with Crippen molar-refractivity contribution in [2.24, 2.45) is 0 Å². The predicted octanol–water partition coefficient (Wildman–Crippen LogP) is 24.2. The molecule has 3 heterocycles. The number of nitrogens with zero attached hydrogens (tertiary/aromatic N) is 3. The second-order valence-corrected chi connectivity index (χ2v) is 30.1. The quantitative estimate of drug-likeness (QED) is 0.121. The van der Waals surface area contributed by atoms with E-state index in [-0.39, 0.29) is 54.1 Å². The van der Waals surface area contributed by atoms with Gasteiger partial charge >= 0.3 is 20.1 Å². The van der Waals surface area contributed by atoms with E-state index in [0.717, 1.165) is 105 Å². The summed E-state index contributed by atoms with van der Waals surface area (Å²) >= 11 is 12.5. The van der Waals surface area contributed by atoms with Crippen LogP contribution >= 0.6 is 47.8 Å². The van der Waals surface area contributed by atoms with Crippen LogP contribution in [0.25, 0.3) is 89.4 Å². The average Bonchev–Trinajstić information content (AvgIpc) is 0.785. The van der Waals surface area contributed by atoms with Gasteiger partial charge in [-0.25, -0.2) is 0 Å². The molecule has 8 aromatic carbocycles. The van der Waals surface area contributed by atoms with Gasteiger partial charge in [-0.15, -0.1) is 71.3 Å². The summed E-state index contributed by atoms with van der Waals surface area (Å²) in [5.74, 6) is 0.543. The molecule has 452 valence electrons. The molecule has 1 aliphatic carbocycles. The molecule has 0 N–H and O–H groups in total. The summed E-state index contributed by atoms with van der Waals surface area (Å²) in [4.78, 5) is 14.9. The normalized spacial score (nSPS) is 15.3. The Hall–Kier alpha value is -6.70. The minimum absolute atomic E-state index is 0. The van der Waals surface area contributed by atoms with Crippen molar-refractivity contribution < 1.29 is 20.1 Å². The van der Waals surface area contributed by atoms with Crippen molar-refractivity contribution in [3.8, 4) is 89.4 Å². The molecule has 0 radical (unpaired) electrons. The summed E-state index contributed by atoms with van der Waals surface area (Å²) in [5, 5.41) is 0. The summed E-state index contributed by atoms with van der Waals surface area (Å²) < 4.78 is 3.06. The van der Waals surface area contributed by atoms with E-state index in [0.29, 0.717) is 0 Å². The predicted molar refractivity (Wildman–Crippen MR) is 383 cm³/mol. The Labute approximate surface area is 573 Å². The molecule has 7 heteroatoms. The van der Waals surface area contributed by atoms with Gasteiger partial charge in [-0.2, -0.15) is 0 Å². The van der Waals surface area contributed by atoms with Gasteiger partial charge in [0.25, 0.3) is 0 Å². The van der Waals surface area contributed by atoms with Crippen LogP contribution in [0.3, 0.4) is 0 Å². The molecule has 3 nitrogen and oxygen atoms in total. The van der Waals surface area contributed by atoms with Crippen LogP contribution in [0, 0.1) is 32.0 Å². The summed E-state index contributed by atoms with van der Waals surface area (Å²) in [6.45, 7) is 25.0. The molecule has 0 aliphatic heterocycles. The minimum Gasteiger partial charge on any atom is -0.305 e. The van der Waals surface area contributed by atoms with Crippen molar-refractivity contribution >= 4 is 47.8 Å². The van der Waals surface area contributed by atoms with Crippen LogP contribution in [0.4, 0.5) is 0 Å². The maximum atomic E-state index is 5.02. The van der Waals surface area contributed by atoms with E-state index in [9.17, 15) is 0 Å². The molecular weight excluding hydrogens is 1470 g/mol. The van der Waals surface area contributed by atoms with Gasteiger partial charge in [-0.3, -0.25) is 0 Å². The number of aromatic nitrogens is 3. The van der Waals surface area contributed by atoms with Crippen molar-refractivity contribution in [3.05, 3.63) is 277 Å². The van der Waals surface area contributed by atoms with Crippen LogP contribution in [0.5, 0.6) is 0 Å². The minimum atomic E-state index is -0.0858. The molecule has 3 aromatic heterocycles. The zero-order valence-electron chi connectivity index (χ0n) is 53.2. The van der Waals surface area contributed by atoms with Gasteiger partial charge in [-0.05, 0) is 146 Å². The molecule has 90 heavy (non-hydrogen) atoms. The average molecular weight is 1550 g/mol. The number of pyridine rings is 3. The SMILES string of the molecule is Cc1cc(-c2[c-]cc(-c3cc(C(C)(C)C)ccc3C3CC(c4ccccc4-c4c[c-]c(-c5cc(C(C)(C)C)ccn5)cc4Br)CC(c4ccc(C(C)(C)C)cc4-c4c[c-]c(-c5cc(C)c(-c6ccccc6)cn5)cc4Br)C3)c(Br)c2)ncc1-c1ccccc1.[Ir+3]. The van der Waals surface area contributed by atoms with Gasteiger partial charge < -0.3 is 15.0 Å². The van der Waals surface area contributed by atoms with Gasteiger partial charge in [0.05, 0.1) is 0 Å². The molecule has 0 bridgehead atoms. The van der Waals surface area contributed by atoms with E-state index < -0.39 is 0 Å². The van der Waals surface area contributed by atoms with Crippen molar-refractivity contribution in [2.45, 2.75) is 129 Å². The Morgan fingerprint density at radius 3 is 1.10 bits per heavy atom. The maximum absolute atomic E-state index is 5.02. The van der Waals surface area contributed by atoms with E-state index in [2.05, 4.69) is 324 Å². The Morgan fingerprint density at radius 2 is 0.711 bits per heavy atom. The monoisotopic (exact) mass is 1540 g/mol. The first-order valence-corrected chi connectivity index (χ1v) is 33.5. The van der Waals surface area contributed by atoms with Crippen molar-refractivity contribution in [1.29, 1.82) is 0 Å². The first-order chi connectivity index (χ1) is 42.5. The number of halogens is 3. The van der Waals surface area contributed by atoms with Gasteiger partial charge in [0.2, 0.25) is 0 Å². The van der Waals surface area contributed by atoms with E-state index in [1.54, 1.807) is 0 Å². The Balaban J connectivity index is 0.00000833. The standard InChI is InChI=1S/C83H75Br3N3.Ir/c1-51-38-78(88-49-73(51)53-20-14-12-15-21-53)55-27-32-69(76(85)43-55)71-46-61(81(3,4)5)29-34-65(71)59-40-58(64-24-18-19-25-67(64)68-31-26-57(45-75(68)84)80-48-63(36-37-87-80)83(9,10)11)41-60(42-59)66-35-30-62(82(6,7)8)47-72(66)70-33-28-56(44-77(70)86)79-39-52(2)74(50-89-79)54-22-16-13-17-23-54;/h12-25,29-39,43-50,58-60H,40-42H2,1-11H3;/q-3;+3. The molecular formula is C83H75Br3IrN3. The third-order valence-electron chi connectivity index (χ3n) is 18.2. The second-order valence-electron chi connectivity index (χ2n) is 27.5. The zero-order chi connectivity index (χ0) is 62.5. The topological polar surface area (TPSA) is 38.7 Å². The first kappa shape index (κ1) is 64.8. The third kappa shape index (κ3) is 13.7. The Bertz CT molecular complexity index is 4230.